The summed E-state index contributed by atoms with van der Waals surface area (Å²) in [5, 5.41) is 2.60. The third kappa shape index (κ3) is 2.05. The fourth-order valence-electron chi connectivity index (χ4n) is 1.78. The molecule has 0 aromatic carbocycles. The summed E-state index contributed by atoms with van der Waals surface area (Å²) in [6, 6.07) is 0. The lowest BCUT2D eigenvalue weighted by atomic mass is 9.87. The Morgan fingerprint density at radius 1 is 1.46 bits per heavy atom. The SMILES string of the molecule is CC(C)C(=O)C1(C)CC(F)(F)CN1. The van der Waals surface area contributed by atoms with Gasteiger partial charge in [0.05, 0.1) is 12.1 Å². The molecular weight excluding hydrogens is 176 g/mol. The number of halogens is 2. The molecule has 13 heavy (non-hydrogen) atoms. The van der Waals surface area contributed by atoms with Gasteiger partial charge in [-0.15, -0.1) is 0 Å². The lowest BCUT2D eigenvalue weighted by Gasteiger charge is -2.24. The lowest BCUT2D eigenvalue weighted by molar-refractivity contribution is -0.128. The topological polar surface area (TPSA) is 29.1 Å². The van der Waals surface area contributed by atoms with Crippen LogP contribution in [0, 0.1) is 5.92 Å². The first kappa shape index (κ1) is 10.6. The van der Waals surface area contributed by atoms with Gasteiger partial charge in [0.15, 0.2) is 5.78 Å². The number of nitrogens with one attached hydrogen (secondary N) is 1. The van der Waals surface area contributed by atoms with Gasteiger partial charge in [-0.05, 0) is 6.92 Å². The van der Waals surface area contributed by atoms with E-state index in [-0.39, 0.29) is 24.7 Å². The monoisotopic (exact) mass is 191 g/mol. The number of alkyl halides is 2. The van der Waals surface area contributed by atoms with Crippen molar-refractivity contribution in [3.63, 3.8) is 0 Å². The van der Waals surface area contributed by atoms with E-state index in [1.54, 1.807) is 20.8 Å². The molecule has 0 aromatic heterocycles. The molecule has 0 radical (unpaired) electrons. The first-order valence-corrected chi connectivity index (χ1v) is 4.44. The van der Waals surface area contributed by atoms with Crippen molar-refractivity contribution in [2.75, 3.05) is 6.54 Å². The van der Waals surface area contributed by atoms with Crippen LogP contribution in [0.2, 0.25) is 0 Å². The molecule has 0 aliphatic carbocycles. The molecule has 1 fully saturated rings. The van der Waals surface area contributed by atoms with Crippen molar-refractivity contribution in [1.29, 1.82) is 0 Å². The van der Waals surface area contributed by atoms with Crippen LogP contribution in [-0.4, -0.2) is 23.8 Å². The second kappa shape index (κ2) is 3.01. The van der Waals surface area contributed by atoms with Crippen molar-refractivity contribution in [1.82, 2.24) is 5.32 Å². The van der Waals surface area contributed by atoms with Gasteiger partial charge in [-0.3, -0.25) is 10.1 Å². The number of carbonyl (C=O) groups is 1. The number of ketones is 1. The number of carbonyl (C=O) groups excluding carboxylic acids is 1. The van der Waals surface area contributed by atoms with E-state index >= 15 is 0 Å². The van der Waals surface area contributed by atoms with Crippen molar-refractivity contribution in [3.8, 4) is 0 Å². The Morgan fingerprint density at radius 3 is 2.31 bits per heavy atom. The van der Waals surface area contributed by atoms with Crippen molar-refractivity contribution in [3.05, 3.63) is 0 Å². The summed E-state index contributed by atoms with van der Waals surface area (Å²) in [6.45, 7) is 4.62. The molecule has 0 aromatic rings. The zero-order valence-corrected chi connectivity index (χ0v) is 8.16. The summed E-state index contributed by atoms with van der Waals surface area (Å²) in [5.74, 6) is -3.07. The van der Waals surface area contributed by atoms with Crippen LogP contribution < -0.4 is 5.32 Å². The maximum atomic E-state index is 12.8. The highest BCUT2D eigenvalue weighted by molar-refractivity contribution is 5.90. The molecule has 1 unspecified atom stereocenters. The normalized spacial score (nSPS) is 32.5. The van der Waals surface area contributed by atoms with E-state index in [2.05, 4.69) is 5.32 Å². The summed E-state index contributed by atoms with van der Waals surface area (Å²) in [6.07, 6.45) is -0.378. The molecule has 1 aliphatic heterocycles. The van der Waals surface area contributed by atoms with Crippen LogP contribution in [0.1, 0.15) is 27.2 Å². The molecule has 0 spiro atoms. The third-order valence-electron chi connectivity index (χ3n) is 2.42. The minimum Gasteiger partial charge on any atom is -0.299 e. The van der Waals surface area contributed by atoms with Crippen LogP contribution in [0.5, 0.6) is 0 Å². The number of Topliss-reactive ketones (excluding diaryl/α,β-unsaturated/α-hetero) is 1. The van der Waals surface area contributed by atoms with Crippen LogP contribution >= 0.6 is 0 Å². The Kier molecular flexibility index (Phi) is 2.45. The summed E-state index contributed by atoms with van der Waals surface area (Å²) >= 11 is 0. The Bertz CT molecular complexity index is 228. The third-order valence-corrected chi connectivity index (χ3v) is 2.42. The molecule has 4 heteroatoms. The van der Waals surface area contributed by atoms with Gasteiger partial charge in [0.25, 0.3) is 5.92 Å². The minimum atomic E-state index is -2.74. The van der Waals surface area contributed by atoms with Crippen LogP contribution in [0.25, 0.3) is 0 Å². The molecule has 76 valence electrons. The van der Waals surface area contributed by atoms with E-state index < -0.39 is 11.5 Å². The zero-order valence-electron chi connectivity index (χ0n) is 8.16. The quantitative estimate of drug-likeness (QED) is 0.718. The van der Waals surface area contributed by atoms with E-state index in [1.807, 2.05) is 0 Å². The van der Waals surface area contributed by atoms with Gasteiger partial charge >= 0.3 is 0 Å². The molecule has 1 aliphatic rings. The van der Waals surface area contributed by atoms with Gasteiger partial charge in [0.2, 0.25) is 0 Å². The average Bonchev–Trinajstić information content (AvgIpc) is 2.25. The predicted octanol–water partition coefficient (Wildman–Crippen LogP) is 1.60. The van der Waals surface area contributed by atoms with Crippen LogP contribution in [0.3, 0.4) is 0 Å². The molecule has 0 bridgehead atoms. The number of hydrogen-bond donors (Lipinski definition) is 1. The molecule has 0 saturated carbocycles. The highest BCUT2D eigenvalue weighted by atomic mass is 19.3. The molecule has 1 atom stereocenters. The van der Waals surface area contributed by atoms with E-state index in [0.717, 1.165) is 0 Å². The summed E-state index contributed by atoms with van der Waals surface area (Å²) in [7, 11) is 0. The van der Waals surface area contributed by atoms with Gasteiger partial charge in [0, 0.05) is 12.3 Å². The lowest BCUT2D eigenvalue weighted by Crippen LogP contribution is -2.46. The molecule has 1 rings (SSSR count). The van der Waals surface area contributed by atoms with Gasteiger partial charge in [0.1, 0.15) is 0 Å². The fraction of sp³-hybridized carbons (Fsp3) is 0.889. The maximum absolute atomic E-state index is 12.8. The number of hydrogen-bond acceptors (Lipinski definition) is 2. The Hall–Kier alpha value is -0.510. The second-order valence-electron chi connectivity index (χ2n) is 4.24. The van der Waals surface area contributed by atoms with E-state index in [4.69, 9.17) is 0 Å². The highest BCUT2D eigenvalue weighted by Crippen LogP contribution is 2.33. The largest absolute Gasteiger partial charge is 0.299 e. The molecule has 1 saturated heterocycles. The zero-order chi connectivity index (χ0) is 10.3. The van der Waals surface area contributed by atoms with Crippen molar-refractivity contribution in [2.24, 2.45) is 5.92 Å². The summed E-state index contributed by atoms with van der Waals surface area (Å²) < 4.78 is 25.7. The van der Waals surface area contributed by atoms with Gasteiger partial charge in [-0.25, -0.2) is 8.78 Å². The Balaban J connectivity index is 2.75. The molecule has 1 N–H and O–H groups in total. The van der Waals surface area contributed by atoms with Crippen LogP contribution in [0.4, 0.5) is 8.78 Å². The molecular formula is C9H15F2NO. The smallest absolute Gasteiger partial charge is 0.262 e. The Labute approximate surface area is 76.7 Å². The minimum absolute atomic E-state index is 0.135. The van der Waals surface area contributed by atoms with Gasteiger partial charge in [-0.1, -0.05) is 13.8 Å². The predicted molar refractivity (Wildman–Crippen MR) is 45.8 cm³/mol. The van der Waals surface area contributed by atoms with E-state index in [0.29, 0.717) is 0 Å². The van der Waals surface area contributed by atoms with Crippen molar-refractivity contribution < 1.29 is 13.6 Å². The first-order chi connectivity index (χ1) is 5.77. The average molecular weight is 191 g/mol. The molecule has 1 heterocycles. The summed E-state index contributed by atoms with van der Waals surface area (Å²) in [4.78, 5) is 11.6. The van der Waals surface area contributed by atoms with Gasteiger partial charge < -0.3 is 0 Å². The van der Waals surface area contributed by atoms with E-state index in [9.17, 15) is 13.6 Å². The highest BCUT2D eigenvalue weighted by Gasteiger charge is 2.50. The van der Waals surface area contributed by atoms with Crippen molar-refractivity contribution >= 4 is 5.78 Å². The second-order valence-corrected chi connectivity index (χ2v) is 4.24. The van der Waals surface area contributed by atoms with E-state index in [1.165, 1.54) is 0 Å². The summed E-state index contributed by atoms with van der Waals surface area (Å²) in [5.41, 5.74) is -1.03. The number of rotatable bonds is 2. The fourth-order valence-corrected chi connectivity index (χ4v) is 1.78. The van der Waals surface area contributed by atoms with Crippen LogP contribution in [0.15, 0.2) is 0 Å². The molecule has 2 nitrogen and oxygen atoms in total. The maximum Gasteiger partial charge on any atom is 0.262 e. The molecule has 0 amide bonds. The van der Waals surface area contributed by atoms with Gasteiger partial charge in [-0.2, -0.15) is 0 Å². The standard InChI is InChI=1S/C9H15F2NO/c1-6(2)7(13)8(3)4-9(10,11)5-12-8/h6,12H,4-5H2,1-3H3. The first-order valence-electron chi connectivity index (χ1n) is 4.44. The Morgan fingerprint density at radius 2 is 2.00 bits per heavy atom. The van der Waals surface area contributed by atoms with Crippen LogP contribution in [-0.2, 0) is 4.79 Å². The van der Waals surface area contributed by atoms with Crippen molar-refractivity contribution in [2.45, 2.75) is 38.7 Å².